The van der Waals surface area contributed by atoms with E-state index in [1.165, 1.54) is 10.9 Å². The van der Waals surface area contributed by atoms with Crippen molar-refractivity contribution in [3.05, 3.63) is 67.1 Å². The van der Waals surface area contributed by atoms with Gasteiger partial charge in [-0.25, -0.2) is 4.98 Å². The number of hydrogen-bond acceptors (Lipinski definition) is 4. The van der Waals surface area contributed by atoms with Crippen molar-refractivity contribution in [2.45, 2.75) is 6.92 Å². The lowest BCUT2D eigenvalue weighted by Crippen LogP contribution is -2.20. The Bertz CT molecular complexity index is 997. The molecule has 0 aliphatic heterocycles. The molecular weight excluding hydrogens is 426 g/mol. The number of rotatable bonds is 2. The van der Waals surface area contributed by atoms with Crippen LogP contribution in [0.3, 0.4) is 0 Å². The number of halogens is 2. The fourth-order valence-corrected chi connectivity index (χ4v) is 3.43. The van der Waals surface area contributed by atoms with Crippen LogP contribution in [0.15, 0.2) is 55.2 Å². The summed E-state index contributed by atoms with van der Waals surface area (Å²) in [6, 6.07) is 10.5. The molecule has 0 bridgehead atoms. The van der Waals surface area contributed by atoms with E-state index in [1.54, 1.807) is 37.3 Å². The molecule has 3 aromatic rings. The van der Waals surface area contributed by atoms with Crippen molar-refractivity contribution in [2.75, 3.05) is 0 Å². The number of phenols is 1. The second-order valence-corrected chi connectivity index (χ2v) is 6.63. The van der Waals surface area contributed by atoms with E-state index in [9.17, 15) is 9.90 Å². The minimum atomic E-state index is -0.252. The summed E-state index contributed by atoms with van der Waals surface area (Å²) in [5.74, 6) is 0.523. The van der Waals surface area contributed by atoms with Crippen LogP contribution in [0, 0.1) is 6.92 Å². The van der Waals surface area contributed by atoms with Gasteiger partial charge in [-0.1, -0.05) is 28.1 Å². The Morgan fingerprint density at radius 3 is 2.78 bits per heavy atom. The second-order valence-electron chi connectivity index (χ2n) is 4.86. The highest BCUT2D eigenvalue weighted by Crippen LogP contribution is 2.30. The highest BCUT2D eigenvalue weighted by molar-refractivity contribution is 9.11. The molecule has 1 N–H and O–H groups in total. The number of hydrogen-bond donors (Lipinski definition) is 1. The average Bonchev–Trinajstić information content (AvgIpc) is 2.51. The predicted molar refractivity (Wildman–Crippen MR) is 97.2 cm³/mol. The van der Waals surface area contributed by atoms with E-state index in [0.29, 0.717) is 26.8 Å². The van der Waals surface area contributed by atoms with Gasteiger partial charge < -0.3 is 5.11 Å². The van der Waals surface area contributed by atoms with E-state index < -0.39 is 0 Å². The largest absolute Gasteiger partial charge is 0.506 e. The zero-order valence-corrected chi connectivity index (χ0v) is 15.2. The molecule has 0 spiro atoms. The van der Waals surface area contributed by atoms with Crippen molar-refractivity contribution < 1.29 is 5.11 Å². The van der Waals surface area contributed by atoms with Crippen LogP contribution in [0.5, 0.6) is 5.75 Å². The molecule has 0 aliphatic rings. The molecule has 0 aliphatic carbocycles. The molecule has 3 rings (SSSR count). The lowest BCUT2D eigenvalue weighted by atomic mass is 10.2. The number of nitrogens with zero attached hydrogens (tertiary/aromatic N) is 3. The van der Waals surface area contributed by atoms with Gasteiger partial charge in [0.15, 0.2) is 0 Å². The van der Waals surface area contributed by atoms with Gasteiger partial charge in [0.1, 0.15) is 11.6 Å². The van der Waals surface area contributed by atoms with Gasteiger partial charge in [-0.2, -0.15) is 9.78 Å². The van der Waals surface area contributed by atoms with Gasteiger partial charge in [0.25, 0.3) is 5.56 Å². The second kappa shape index (κ2) is 6.25. The van der Waals surface area contributed by atoms with Crippen molar-refractivity contribution in [3.63, 3.8) is 0 Å². The Morgan fingerprint density at radius 1 is 1.26 bits per heavy atom. The van der Waals surface area contributed by atoms with Gasteiger partial charge >= 0.3 is 0 Å². The van der Waals surface area contributed by atoms with E-state index in [2.05, 4.69) is 41.9 Å². The smallest absolute Gasteiger partial charge is 0.282 e. The van der Waals surface area contributed by atoms with Crippen LogP contribution < -0.4 is 5.56 Å². The number of fused-ring (bicyclic) bond motifs is 1. The third kappa shape index (κ3) is 3.07. The summed E-state index contributed by atoms with van der Waals surface area (Å²) in [7, 11) is 0. The van der Waals surface area contributed by atoms with Crippen molar-refractivity contribution in [1.82, 2.24) is 9.66 Å². The molecule has 2 aromatic carbocycles. The summed E-state index contributed by atoms with van der Waals surface area (Å²) < 4.78 is 2.54. The van der Waals surface area contributed by atoms with Crippen LogP contribution in [0.25, 0.3) is 10.9 Å². The maximum Gasteiger partial charge on any atom is 0.282 e. The van der Waals surface area contributed by atoms with Crippen molar-refractivity contribution in [1.29, 1.82) is 0 Å². The normalized spacial score (nSPS) is 11.4. The lowest BCUT2D eigenvalue weighted by molar-refractivity contribution is 0.471. The molecular formula is C16H11Br2N3O2. The highest BCUT2D eigenvalue weighted by atomic mass is 79.9. The van der Waals surface area contributed by atoms with Crippen molar-refractivity contribution in [3.8, 4) is 5.75 Å². The van der Waals surface area contributed by atoms with E-state index in [-0.39, 0.29) is 11.3 Å². The van der Waals surface area contributed by atoms with Crippen LogP contribution in [0.4, 0.5) is 0 Å². The molecule has 23 heavy (non-hydrogen) atoms. The summed E-state index contributed by atoms with van der Waals surface area (Å²) >= 11 is 6.61. The number of aryl methyl sites for hydroxylation is 1. The Kier molecular flexibility index (Phi) is 4.32. The van der Waals surface area contributed by atoms with Crippen LogP contribution >= 0.6 is 31.9 Å². The first-order valence-corrected chi connectivity index (χ1v) is 8.27. The quantitative estimate of drug-likeness (QED) is 0.621. The summed E-state index contributed by atoms with van der Waals surface area (Å²) in [6.07, 6.45) is 1.43. The van der Waals surface area contributed by atoms with Gasteiger partial charge in [0.2, 0.25) is 0 Å². The molecule has 1 aromatic heterocycles. The minimum Gasteiger partial charge on any atom is -0.506 e. The number of aromatic hydroxyl groups is 1. The standard InChI is InChI=1S/C16H11Br2N3O2/c1-9-20-14-5-3-2-4-12(14)16(23)21(9)19-8-10-6-11(17)7-13(18)15(10)22/h2-8,22H,1H3/b19-8+. The average molecular weight is 437 g/mol. The molecule has 116 valence electrons. The Morgan fingerprint density at radius 2 is 2.00 bits per heavy atom. The highest BCUT2D eigenvalue weighted by Gasteiger charge is 2.08. The summed E-state index contributed by atoms with van der Waals surface area (Å²) in [4.78, 5) is 16.9. The Balaban J connectivity index is 2.14. The fraction of sp³-hybridized carbons (Fsp3) is 0.0625. The SMILES string of the molecule is Cc1nc2ccccc2c(=O)n1/N=C/c1cc(Br)cc(Br)c1O. The molecule has 0 fully saturated rings. The third-order valence-electron chi connectivity index (χ3n) is 3.29. The monoisotopic (exact) mass is 435 g/mol. The predicted octanol–water partition coefficient (Wildman–Crippen LogP) is 3.82. The first kappa shape index (κ1) is 15.9. The number of para-hydroxylation sites is 1. The first-order valence-electron chi connectivity index (χ1n) is 6.68. The van der Waals surface area contributed by atoms with Crippen molar-refractivity contribution >= 4 is 49.0 Å². The first-order chi connectivity index (χ1) is 11.0. The Hall–Kier alpha value is -1.99. The van der Waals surface area contributed by atoms with Crippen LogP contribution in [0.2, 0.25) is 0 Å². The summed E-state index contributed by atoms with van der Waals surface area (Å²) in [5, 5.41) is 14.7. The van der Waals surface area contributed by atoms with E-state index >= 15 is 0 Å². The maximum atomic E-state index is 12.5. The Labute approximate surface area is 148 Å². The fourth-order valence-electron chi connectivity index (χ4n) is 2.17. The molecule has 0 unspecified atom stereocenters. The molecule has 0 atom stereocenters. The zero-order valence-electron chi connectivity index (χ0n) is 12.0. The van der Waals surface area contributed by atoms with Gasteiger partial charge in [-0.3, -0.25) is 4.79 Å². The molecule has 0 radical (unpaired) electrons. The molecule has 1 heterocycles. The van der Waals surface area contributed by atoms with Crippen LogP contribution in [0.1, 0.15) is 11.4 Å². The maximum absolute atomic E-state index is 12.5. The third-order valence-corrected chi connectivity index (χ3v) is 4.35. The zero-order chi connectivity index (χ0) is 16.6. The van der Waals surface area contributed by atoms with Gasteiger partial charge in [0.05, 0.1) is 21.6 Å². The van der Waals surface area contributed by atoms with Gasteiger partial charge in [-0.05, 0) is 47.1 Å². The van der Waals surface area contributed by atoms with Crippen LogP contribution in [-0.2, 0) is 0 Å². The molecule has 7 heteroatoms. The van der Waals surface area contributed by atoms with Crippen LogP contribution in [-0.4, -0.2) is 21.0 Å². The number of benzene rings is 2. The van der Waals surface area contributed by atoms with Gasteiger partial charge in [0, 0.05) is 10.0 Å². The lowest BCUT2D eigenvalue weighted by Gasteiger charge is -2.06. The molecule has 0 saturated heterocycles. The van der Waals surface area contributed by atoms with E-state index in [4.69, 9.17) is 0 Å². The minimum absolute atomic E-state index is 0.0522. The number of phenolic OH excluding ortho intramolecular Hbond substituents is 1. The molecule has 0 saturated carbocycles. The van der Waals surface area contributed by atoms with Crippen molar-refractivity contribution in [2.24, 2.45) is 5.10 Å². The summed E-state index contributed by atoms with van der Waals surface area (Å²) in [5.41, 5.74) is 0.859. The van der Waals surface area contributed by atoms with E-state index in [1.807, 2.05) is 6.07 Å². The van der Waals surface area contributed by atoms with Gasteiger partial charge in [-0.15, -0.1) is 0 Å². The molecule has 0 amide bonds. The topological polar surface area (TPSA) is 67.5 Å². The summed E-state index contributed by atoms with van der Waals surface area (Å²) in [6.45, 7) is 1.71. The van der Waals surface area contributed by atoms with E-state index in [0.717, 1.165) is 4.47 Å². The number of aromatic nitrogens is 2. The molecule has 5 nitrogen and oxygen atoms in total.